The van der Waals surface area contributed by atoms with Gasteiger partial charge in [-0.25, -0.2) is 0 Å². The fourth-order valence-electron chi connectivity index (χ4n) is 1.18. The maximum Gasteiger partial charge on any atom is 0.236 e. The Hall–Kier alpha value is -0.280. The van der Waals surface area contributed by atoms with Gasteiger partial charge in [-0.1, -0.05) is 0 Å². The van der Waals surface area contributed by atoms with E-state index in [1.165, 1.54) is 0 Å². The number of piperazine rings is 1. The Morgan fingerprint density at radius 2 is 2.36 bits per heavy atom. The Bertz CT molecular complexity index is 140. The molecule has 0 aromatic carbocycles. The van der Waals surface area contributed by atoms with Gasteiger partial charge in [-0.3, -0.25) is 4.79 Å². The lowest BCUT2D eigenvalue weighted by molar-refractivity contribution is -0.132. The minimum Gasteiger partial charge on any atom is -0.340 e. The fourth-order valence-corrected chi connectivity index (χ4v) is 1.18. The van der Waals surface area contributed by atoms with E-state index in [2.05, 4.69) is 12.2 Å². The minimum absolute atomic E-state index is 0. The maximum atomic E-state index is 11.0. The number of carbonyl (C=O) groups excluding carboxylic acids is 1. The molecule has 11 heavy (non-hydrogen) atoms. The summed E-state index contributed by atoms with van der Waals surface area (Å²) in [4.78, 5) is 12.9. The molecule has 0 aliphatic carbocycles. The smallest absolute Gasteiger partial charge is 0.236 e. The third-order valence-electron chi connectivity index (χ3n) is 1.83. The van der Waals surface area contributed by atoms with Gasteiger partial charge < -0.3 is 10.2 Å². The zero-order chi connectivity index (χ0) is 7.56. The molecule has 1 unspecified atom stereocenters. The van der Waals surface area contributed by atoms with Crippen molar-refractivity contribution < 1.29 is 4.79 Å². The third kappa shape index (κ3) is 2.67. The number of hydrogen-bond acceptors (Lipinski definition) is 2. The van der Waals surface area contributed by atoms with Crippen LogP contribution in [0.15, 0.2) is 0 Å². The zero-order valence-corrected chi connectivity index (χ0v) is 7.78. The first-order chi connectivity index (χ1) is 4.74. The number of nitrogens with zero attached hydrogens (tertiary/aromatic N) is 1. The molecule has 0 radical (unpaired) electrons. The van der Waals surface area contributed by atoms with Crippen LogP contribution < -0.4 is 5.32 Å². The van der Waals surface area contributed by atoms with E-state index in [9.17, 15) is 4.79 Å². The van der Waals surface area contributed by atoms with Crippen molar-refractivity contribution in [3.05, 3.63) is 0 Å². The molecule has 1 aliphatic heterocycles. The van der Waals surface area contributed by atoms with Crippen LogP contribution in [0.4, 0.5) is 0 Å². The van der Waals surface area contributed by atoms with Gasteiger partial charge in [0.1, 0.15) is 0 Å². The van der Waals surface area contributed by atoms with Crippen LogP contribution in [-0.4, -0.2) is 36.5 Å². The molecule has 0 aromatic heterocycles. The first kappa shape index (κ1) is 10.7. The lowest BCUT2D eigenvalue weighted by atomic mass is 10.2. The molecule has 1 rings (SSSR count). The highest BCUT2D eigenvalue weighted by atomic mass is 35.5. The number of hydrogen-bond donors (Lipinski definition) is 1. The van der Waals surface area contributed by atoms with Crippen LogP contribution in [0, 0.1) is 0 Å². The van der Waals surface area contributed by atoms with Gasteiger partial charge in [0.05, 0.1) is 6.54 Å². The minimum atomic E-state index is 0. The number of carbonyl (C=O) groups is 1. The predicted molar refractivity (Wildman–Crippen MR) is 47.0 cm³/mol. The Balaban J connectivity index is 0.000001000. The zero-order valence-electron chi connectivity index (χ0n) is 6.96. The summed E-state index contributed by atoms with van der Waals surface area (Å²) in [6.45, 7) is 6.31. The molecule has 0 bridgehead atoms. The van der Waals surface area contributed by atoms with Gasteiger partial charge in [0.25, 0.3) is 0 Å². The van der Waals surface area contributed by atoms with Crippen molar-refractivity contribution in [2.75, 3.05) is 19.6 Å². The van der Waals surface area contributed by atoms with Gasteiger partial charge in [0.15, 0.2) is 0 Å². The molecule has 1 amide bonds. The van der Waals surface area contributed by atoms with Crippen LogP contribution in [0.25, 0.3) is 0 Å². The van der Waals surface area contributed by atoms with E-state index < -0.39 is 0 Å². The SMILES string of the molecule is CCN1CC(C)NCC1=O.Cl. The van der Waals surface area contributed by atoms with E-state index in [-0.39, 0.29) is 18.3 Å². The molecule has 1 heterocycles. The van der Waals surface area contributed by atoms with E-state index in [4.69, 9.17) is 0 Å². The molecule has 1 aliphatic rings. The second-order valence-electron chi connectivity index (χ2n) is 2.71. The summed E-state index contributed by atoms with van der Waals surface area (Å²) in [7, 11) is 0. The molecule has 0 spiro atoms. The normalized spacial score (nSPS) is 24.7. The highest BCUT2D eigenvalue weighted by Crippen LogP contribution is 1.98. The van der Waals surface area contributed by atoms with Gasteiger partial charge in [-0.15, -0.1) is 12.4 Å². The van der Waals surface area contributed by atoms with Crippen molar-refractivity contribution in [1.82, 2.24) is 10.2 Å². The average molecular weight is 179 g/mol. The Kier molecular flexibility index (Phi) is 4.45. The lowest BCUT2D eigenvalue weighted by Gasteiger charge is -2.30. The summed E-state index contributed by atoms with van der Waals surface area (Å²) < 4.78 is 0. The van der Waals surface area contributed by atoms with E-state index in [1.807, 2.05) is 11.8 Å². The highest BCUT2D eigenvalue weighted by molar-refractivity contribution is 5.85. The largest absolute Gasteiger partial charge is 0.340 e. The first-order valence-corrected chi connectivity index (χ1v) is 3.75. The van der Waals surface area contributed by atoms with Crippen LogP contribution in [0.2, 0.25) is 0 Å². The van der Waals surface area contributed by atoms with Crippen molar-refractivity contribution in [3.63, 3.8) is 0 Å². The van der Waals surface area contributed by atoms with Crippen molar-refractivity contribution in [3.8, 4) is 0 Å². The highest BCUT2D eigenvalue weighted by Gasteiger charge is 2.19. The van der Waals surface area contributed by atoms with Crippen LogP contribution >= 0.6 is 12.4 Å². The van der Waals surface area contributed by atoms with Crippen molar-refractivity contribution in [1.29, 1.82) is 0 Å². The molecule has 4 heteroatoms. The van der Waals surface area contributed by atoms with Crippen molar-refractivity contribution in [2.24, 2.45) is 0 Å². The molecule has 1 saturated heterocycles. The summed E-state index contributed by atoms with van der Waals surface area (Å²) in [5.41, 5.74) is 0. The third-order valence-corrected chi connectivity index (χ3v) is 1.83. The molecular formula is C7H15ClN2O. The summed E-state index contributed by atoms with van der Waals surface area (Å²) >= 11 is 0. The number of nitrogens with one attached hydrogen (secondary N) is 1. The molecule has 0 aromatic rings. The lowest BCUT2D eigenvalue weighted by Crippen LogP contribution is -2.52. The topological polar surface area (TPSA) is 32.3 Å². The van der Waals surface area contributed by atoms with Crippen LogP contribution in [0.1, 0.15) is 13.8 Å². The van der Waals surface area contributed by atoms with Gasteiger partial charge in [-0.05, 0) is 13.8 Å². The number of halogens is 1. The van der Waals surface area contributed by atoms with Crippen LogP contribution in [0.5, 0.6) is 0 Å². The van der Waals surface area contributed by atoms with Gasteiger partial charge in [0, 0.05) is 19.1 Å². The van der Waals surface area contributed by atoms with Crippen molar-refractivity contribution in [2.45, 2.75) is 19.9 Å². The first-order valence-electron chi connectivity index (χ1n) is 3.75. The van der Waals surface area contributed by atoms with E-state index >= 15 is 0 Å². The Morgan fingerprint density at radius 1 is 1.73 bits per heavy atom. The summed E-state index contributed by atoms with van der Waals surface area (Å²) in [5, 5.41) is 3.10. The number of likely N-dealkylation sites (N-methyl/N-ethyl adjacent to an activating group) is 1. The fraction of sp³-hybridized carbons (Fsp3) is 0.857. The predicted octanol–water partition coefficient (Wildman–Crippen LogP) is 0.248. The Morgan fingerprint density at radius 3 is 2.82 bits per heavy atom. The molecule has 3 nitrogen and oxygen atoms in total. The van der Waals surface area contributed by atoms with Crippen LogP contribution in [-0.2, 0) is 4.79 Å². The second kappa shape index (κ2) is 4.57. The average Bonchev–Trinajstić information content (AvgIpc) is 1.94. The monoisotopic (exact) mass is 178 g/mol. The van der Waals surface area contributed by atoms with Crippen LogP contribution in [0.3, 0.4) is 0 Å². The quantitative estimate of drug-likeness (QED) is 0.625. The number of amides is 1. The van der Waals surface area contributed by atoms with Gasteiger partial charge >= 0.3 is 0 Å². The summed E-state index contributed by atoms with van der Waals surface area (Å²) in [5.74, 6) is 0.223. The molecule has 1 N–H and O–H groups in total. The standard InChI is InChI=1S/C7H14N2O.ClH/c1-3-9-5-6(2)8-4-7(9)10;/h6,8H,3-5H2,1-2H3;1H. The van der Waals surface area contributed by atoms with E-state index in [0.29, 0.717) is 12.6 Å². The van der Waals surface area contributed by atoms with E-state index in [1.54, 1.807) is 0 Å². The molecule has 0 saturated carbocycles. The van der Waals surface area contributed by atoms with Gasteiger partial charge in [-0.2, -0.15) is 0 Å². The Labute approximate surface area is 73.5 Å². The summed E-state index contributed by atoms with van der Waals surface area (Å²) in [6, 6.07) is 0.456. The molecule has 1 atom stereocenters. The summed E-state index contributed by atoms with van der Waals surface area (Å²) in [6.07, 6.45) is 0. The number of rotatable bonds is 1. The molecule has 66 valence electrons. The second-order valence-corrected chi connectivity index (χ2v) is 2.71. The maximum absolute atomic E-state index is 11.0. The van der Waals surface area contributed by atoms with Gasteiger partial charge in [0.2, 0.25) is 5.91 Å². The molecule has 1 fully saturated rings. The van der Waals surface area contributed by atoms with Crippen molar-refractivity contribution >= 4 is 18.3 Å². The van der Waals surface area contributed by atoms with E-state index in [0.717, 1.165) is 13.1 Å². The molecular weight excluding hydrogens is 164 g/mol.